The lowest BCUT2D eigenvalue weighted by Crippen LogP contribution is -1.96. The van der Waals surface area contributed by atoms with Crippen LogP contribution < -0.4 is 0 Å². The van der Waals surface area contributed by atoms with Crippen LogP contribution in [0.15, 0.2) is 227 Å². The van der Waals surface area contributed by atoms with Gasteiger partial charge in [0.1, 0.15) is 22.3 Å². The first kappa shape index (κ1) is 35.0. The molecule has 0 radical (unpaired) electrons. The highest BCUT2D eigenvalue weighted by molar-refractivity contribution is 6.12. The van der Waals surface area contributed by atoms with Gasteiger partial charge in [-0.05, 0) is 124 Å². The van der Waals surface area contributed by atoms with Crippen LogP contribution in [-0.4, -0.2) is 9.13 Å². The van der Waals surface area contributed by atoms with E-state index < -0.39 is 0 Å². The van der Waals surface area contributed by atoms with E-state index in [-0.39, 0.29) is 0 Å². The molecule has 10 aromatic carbocycles. The summed E-state index contributed by atoms with van der Waals surface area (Å²) in [5.74, 6) is 0. The summed E-state index contributed by atoms with van der Waals surface area (Å²) in [7, 11) is 0. The molecule has 0 spiro atoms. The molecule has 4 aromatic heterocycles. The highest BCUT2D eigenvalue weighted by Gasteiger charge is 2.18. The molecule has 4 nitrogen and oxygen atoms in total. The minimum absolute atomic E-state index is 0.880. The van der Waals surface area contributed by atoms with Crippen LogP contribution in [0.3, 0.4) is 0 Å². The molecular formula is C60H36N2O2. The van der Waals surface area contributed by atoms with Gasteiger partial charge in [0.25, 0.3) is 0 Å². The zero-order valence-corrected chi connectivity index (χ0v) is 34.5. The molecular weight excluding hydrogens is 781 g/mol. The van der Waals surface area contributed by atoms with E-state index in [2.05, 4.69) is 215 Å². The zero-order chi connectivity index (χ0) is 41.9. The second kappa shape index (κ2) is 13.4. The summed E-state index contributed by atoms with van der Waals surface area (Å²) in [4.78, 5) is 0. The maximum atomic E-state index is 6.43. The normalized spacial score (nSPS) is 12.1. The monoisotopic (exact) mass is 816 g/mol. The fourth-order valence-corrected chi connectivity index (χ4v) is 10.3. The fourth-order valence-electron chi connectivity index (χ4n) is 10.3. The lowest BCUT2D eigenvalue weighted by atomic mass is 9.95. The van der Waals surface area contributed by atoms with Crippen molar-refractivity contribution in [2.24, 2.45) is 0 Å². The van der Waals surface area contributed by atoms with Crippen LogP contribution in [0.5, 0.6) is 0 Å². The molecule has 0 saturated heterocycles. The third-order valence-electron chi connectivity index (χ3n) is 13.3. The standard InChI is InChI=1S/C60H36N2O2/c1-6-16-53-45(11-1)46-12-2-7-17-54(46)61(53)43-27-30-60-52(36-43)51-34-39(25-28-59(51)64-60)37-21-23-38(24-22-37)41-31-42(40-26-29-58-50(35-40)49-15-5-10-20-57(49)63-58)33-44(32-41)62-55-18-8-3-13-47(55)48-14-4-9-19-56(48)62/h1-36H. The van der Waals surface area contributed by atoms with Gasteiger partial charge in [-0.2, -0.15) is 0 Å². The predicted octanol–water partition coefficient (Wildman–Crippen LogP) is 16.7. The lowest BCUT2D eigenvalue weighted by molar-refractivity contribution is 0.668. The Bertz CT molecular complexity index is 4090. The quantitative estimate of drug-likeness (QED) is 0.173. The van der Waals surface area contributed by atoms with Gasteiger partial charge in [0, 0.05) is 54.5 Å². The maximum Gasteiger partial charge on any atom is 0.135 e. The van der Waals surface area contributed by atoms with E-state index in [9.17, 15) is 0 Å². The third-order valence-corrected chi connectivity index (χ3v) is 13.3. The predicted molar refractivity (Wildman–Crippen MR) is 266 cm³/mol. The fraction of sp³-hybridized carbons (Fsp3) is 0. The Kier molecular flexibility index (Phi) is 7.36. The van der Waals surface area contributed by atoms with E-state index in [1.807, 2.05) is 12.1 Å². The van der Waals surface area contributed by atoms with Crippen molar-refractivity contribution >= 4 is 87.5 Å². The van der Waals surface area contributed by atoms with Gasteiger partial charge in [-0.1, -0.05) is 127 Å². The molecule has 0 amide bonds. The molecule has 0 bridgehead atoms. The number of rotatable bonds is 5. The Morgan fingerprint density at radius 2 is 0.578 bits per heavy atom. The van der Waals surface area contributed by atoms with Gasteiger partial charge in [-0.25, -0.2) is 0 Å². The molecule has 298 valence electrons. The lowest BCUT2D eigenvalue weighted by Gasteiger charge is -2.14. The summed E-state index contributed by atoms with van der Waals surface area (Å²) < 4.78 is 17.5. The Morgan fingerprint density at radius 1 is 0.219 bits per heavy atom. The first-order chi connectivity index (χ1) is 31.7. The molecule has 4 heteroatoms. The van der Waals surface area contributed by atoms with Crippen molar-refractivity contribution in [2.45, 2.75) is 0 Å². The first-order valence-electron chi connectivity index (χ1n) is 21.8. The van der Waals surface area contributed by atoms with Gasteiger partial charge in [0.05, 0.1) is 22.1 Å². The van der Waals surface area contributed by atoms with Crippen molar-refractivity contribution in [2.75, 3.05) is 0 Å². The minimum atomic E-state index is 0.880. The molecule has 14 rings (SSSR count). The molecule has 0 unspecified atom stereocenters. The van der Waals surface area contributed by atoms with Crippen molar-refractivity contribution in [3.63, 3.8) is 0 Å². The number of para-hydroxylation sites is 5. The highest BCUT2D eigenvalue weighted by Crippen LogP contribution is 2.40. The number of aromatic nitrogens is 2. The number of fused-ring (bicyclic) bond motifs is 12. The van der Waals surface area contributed by atoms with Crippen LogP contribution in [0.2, 0.25) is 0 Å². The smallest absolute Gasteiger partial charge is 0.135 e. The third kappa shape index (κ3) is 5.23. The van der Waals surface area contributed by atoms with Gasteiger partial charge in [0.15, 0.2) is 0 Å². The number of hydrogen-bond donors (Lipinski definition) is 0. The number of nitrogens with zero attached hydrogens (tertiary/aromatic N) is 2. The summed E-state index contributed by atoms with van der Waals surface area (Å²) in [5.41, 5.74) is 17.4. The average Bonchev–Trinajstić information content (AvgIpc) is 4.11. The minimum Gasteiger partial charge on any atom is -0.456 e. The second-order valence-electron chi connectivity index (χ2n) is 16.9. The summed E-state index contributed by atoms with van der Waals surface area (Å²) in [6.07, 6.45) is 0. The maximum absolute atomic E-state index is 6.43. The van der Waals surface area contributed by atoms with Gasteiger partial charge >= 0.3 is 0 Å². The summed E-state index contributed by atoms with van der Waals surface area (Å²) >= 11 is 0. The summed E-state index contributed by atoms with van der Waals surface area (Å²) in [5, 5.41) is 9.43. The Hall–Kier alpha value is -8.60. The summed E-state index contributed by atoms with van der Waals surface area (Å²) in [6.45, 7) is 0. The molecule has 4 heterocycles. The van der Waals surface area contributed by atoms with Crippen LogP contribution in [0.4, 0.5) is 0 Å². The highest BCUT2D eigenvalue weighted by atomic mass is 16.3. The molecule has 0 N–H and O–H groups in total. The molecule has 0 atom stereocenters. The van der Waals surface area contributed by atoms with E-state index in [1.54, 1.807) is 0 Å². The molecule has 0 aliphatic rings. The van der Waals surface area contributed by atoms with Gasteiger partial charge in [-0.3, -0.25) is 0 Å². The van der Waals surface area contributed by atoms with Crippen molar-refractivity contribution < 1.29 is 8.83 Å². The van der Waals surface area contributed by atoms with E-state index in [4.69, 9.17) is 8.83 Å². The van der Waals surface area contributed by atoms with Crippen LogP contribution in [0.25, 0.3) is 132 Å². The molecule has 0 aliphatic carbocycles. The molecule has 0 saturated carbocycles. The zero-order valence-electron chi connectivity index (χ0n) is 34.5. The van der Waals surface area contributed by atoms with Crippen molar-refractivity contribution in [3.05, 3.63) is 218 Å². The van der Waals surface area contributed by atoms with Crippen LogP contribution in [0, 0.1) is 0 Å². The van der Waals surface area contributed by atoms with E-state index in [1.165, 1.54) is 43.6 Å². The largest absolute Gasteiger partial charge is 0.456 e. The Labute approximate surface area is 367 Å². The van der Waals surface area contributed by atoms with Crippen LogP contribution in [0.1, 0.15) is 0 Å². The van der Waals surface area contributed by atoms with Crippen LogP contribution in [-0.2, 0) is 0 Å². The van der Waals surface area contributed by atoms with Crippen molar-refractivity contribution in [1.82, 2.24) is 9.13 Å². The topological polar surface area (TPSA) is 36.1 Å². The Balaban J connectivity index is 0.895. The number of hydrogen-bond acceptors (Lipinski definition) is 2. The van der Waals surface area contributed by atoms with E-state index in [0.29, 0.717) is 0 Å². The molecule has 0 aliphatic heterocycles. The average molecular weight is 817 g/mol. The second-order valence-corrected chi connectivity index (χ2v) is 16.9. The van der Waals surface area contributed by atoms with Crippen LogP contribution >= 0.6 is 0 Å². The SMILES string of the molecule is c1ccc2c(c1)oc1ccc(-c3cc(-c4ccc(-c5ccc6oc7ccc(-n8c9ccccc9c9ccccc98)cc7c6c5)cc4)cc(-n4c5ccccc5c5ccccc54)c3)cc12. The number of benzene rings is 10. The van der Waals surface area contributed by atoms with Gasteiger partial charge in [0.2, 0.25) is 0 Å². The van der Waals surface area contributed by atoms with Gasteiger partial charge in [-0.15, -0.1) is 0 Å². The van der Waals surface area contributed by atoms with E-state index in [0.717, 1.165) is 88.6 Å². The van der Waals surface area contributed by atoms with Crippen molar-refractivity contribution in [1.29, 1.82) is 0 Å². The van der Waals surface area contributed by atoms with E-state index >= 15 is 0 Å². The van der Waals surface area contributed by atoms with Gasteiger partial charge < -0.3 is 18.0 Å². The molecule has 64 heavy (non-hydrogen) atoms. The molecule has 0 fully saturated rings. The Morgan fingerprint density at radius 3 is 1.12 bits per heavy atom. The number of furan rings is 2. The molecule has 14 aromatic rings. The summed E-state index contributed by atoms with van der Waals surface area (Å²) in [6, 6.07) is 78.7. The first-order valence-corrected chi connectivity index (χ1v) is 21.8. The van der Waals surface area contributed by atoms with Crippen molar-refractivity contribution in [3.8, 4) is 44.8 Å².